The molecule has 0 spiro atoms. The number of hydrogen-bond acceptors (Lipinski definition) is 6. The maximum Gasteiger partial charge on any atom is 0.290 e. The van der Waals surface area contributed by atoms with E-state index in [1.54, 1.807) is 11.8 Å². The summed E-state index contributed by atoms with van der Waals surface area (Å²) in [6.07, 6.45) is 0. The fourth-order valence-corrected chi connectivity index (χ4v) is 5.07. The van der Waals surface area contributed by atoms with Crippen LogP contribution >= 0.6 is 11.3 Å². The van der Waals surface area contributed by atoms with E-state index in [2.05, 4.69) is 4.98 Å². The molecule has 1 aromatic heterocycles. The number of carbonyl (C=O) groups is 2. The largest absolute Gasteiger partial charge is 0.503 e. The fraction of sp³-hybridized carbons (Fsp3) is 0.269. The van der Waals surface area contributed by atoms with Crippen molar-refractivity contribution in [3.8, 4) is 10.6 Å². The number of amides is 1. The second kappa shape index (κ2) is 9.29. The lowest BCUT2D eigenvalue weighted by molar-refractivity contribution is -0.129. The fourth-order valence-electron chi connectivity index (χ4n) is 4.04. The average Bonchev–Trinajstić information content (AvgIpc) is 3.30. The van der Waals surface area contributed by atoms with E-state index < -0.39 is 17.7 Å². The lowest BCUT2D eigenvalue weighted by Gasteiger charge is -2.28. The molecule has 33 heavy (non-hydrogen) atoms. The number of carbonyl (C=O) groups excluding carboxylic acids is 2. The van der Waals surface area contributed by atoms with Crippen LogP contribution < -0.4 is 0 Å². The van der Waals surface area contributed by atoms with E-state index in [4.69, 9.17) is 0 Å². The number of aliphatic hydroxyl groups excluding tert-OH is 1. The minimum absolute atomic E-state index is 0.121. The van der Waals surface area contributed by atoms with Gasteiger partial charge in [-0.2, -0.15) is 0 Å². The number of aromatic nitrogens is 1. The van der Waals surface area contributed by atoms with Crippen LogP contribution in [0.5, 0.6) is 0 Å². The van der Waals surface area contributed by atoms with Gasteiger partial charge in [0.1, 0.15) is 5.01 Å². The van der Waals surface area contributed by atoms with Crippen LogP contribution in [0.1, 0.15) is 32.5 Å². The van der Waals surface area contributed by atoms with Gasteiger partial charge in [0.25, 0.3) is 5.91 Å². The monoisotopic (exact) mass is 461 g/mol. The van der Waals surface area contributed by atoms with E-state index in [1.165, 1.54) is 11.3 Å². The third-order valence-corrected chi connectivity index (χ3v) is 6.92. The van der Waals surface area contributed by atoms with Crippen molar-refractivity contribution in [3.05, 3.63) is 87.6 Å². The summed E-state index contributed by atoms with van der Waals surface area (Å²) in [4.78, 5) is 35.5. The average molecular weight is 462 g/mol. The molecule has 3 aromatic rings. The molecule has 170 valence electrons. The van der Waals surface area contributed by atoms with Crippen molar-refractivity contribution in [2.24, 2.45) is 0 Å². The second-order valence-corrected chi connectivity index (χ2v) is 9.51. The third kappa shape index (κ3) is 4.47. The molecule has 6 nitrogen and oxygen atoms in total. The van der Waals surface area contributed by atoms with Gasteiger partial charge in [-0.25, -0.2) is 4.98 Å². The molecule has 1 amide bonds. The number of rotatable bonds is 7. The van der Waals surface area contributed by atoms with Crippen LogP contribution in [0.15, 0.2) is 65.9 Å². The first-order chi connectivity index (χ1) is 15.8. The number of aryl methyl sites for hydroxylation is 2. The Balaban J connectivity index is 1.78. The van der Waals surface area contributed by atoms with Crippen molar-refractivity contribution >= 4 is 23.0 Å². The molecule has 1 atom stereocenters. The predicted octanol–water partition coefficient (Wildman–Crippen LogP) is 4.57. The molecule has 2 heterocycles. The highest BCUT2D eigenvalue weighted by atomic mass is 32.1. The molecule has 1 aliphatic heterocycles. The van der Waals surface area contributed by atoms with Crippen molar-refractivity contribution < 1.29 is 14.7 Å². The zero-order valence-electron chi connectivity index (χ0n) is 19.2. The summed E-state index contributed by atoms with van der Waals surface area (Å²) in [5, 5.41) is 11.6. The summed E-state index contributed by atoms with van der Waals surface area (Å²) in [5.74, 6) is -1.34. The van der Waals surface area contributed by atoms with Crippen molar-refractivity contribution in [2.75, 3.05) is 27.2 Å². The SMILES string of the molecule is Cc1cccc(C2C(C(=O)c3sc(-c4ccccc4)nc3C)=C(O)C(=O)N2CCN(C)C)c1. The molecule has 1 aliphatic rings. The van der Waals surface area contributed by atoms with Crippen molar-refractivity contribution in [1.82, 2.24) is 14.8 Å². The maximum absolute atomic E-state index is 13.8. The van der Waals surface area contributed by atoms with Crippen LogP contribution in [-0.2, 0) is 4.79 Å². The van der Waals surface area contributed by atoms with Gasteiger partial charge in [-0.05, 0) is 33.5 Å². The Morgan fingerprint density at radius 2 is 1.85 bits per heavy atom. The molecule has 7 heteroatoms. The number of benzene rings is 2. The number of likely N-dealkylation sites (N-methyl/N-ethyl adjacent to an activating group) is 1. The molecule has 0 bridgehead atoms. The normalized spacial score (nSPS) is 16.2. The molecule has 4 rings (SSSR count). The molecule has 1 N–H and O–H groups in total. The van der Waals surface area contributed by atoms with E-state index in [0.29, 0.717) is 23.7 Å². The van der Waals surface area contributed by atoms with E-state index in [9.17, 15) is 14.7 Å². The van der Waals surface area contributed by atoms with Gasteiger partial charge in [0, 0.05) is 18.7 Å². The summed E-state index contributed by atoms with van der Waals surface area (Å²) >= 11 is 1.29. The van der Waals surface area contributed by atoms with E-state index in [-0.39, 0.29) is 11.4 Å². The first kappa shape index (κ1) is 22.9. The first-order valence-electron chi connectivity index (χ1n) is 10.8. The highest BCUT2D eigenvalue weighted by molar-refractivity contribution is 7.17. The van der Waals surface area contributed by atoms with Crippen molar-refractivity contribution in [2.45, 2.75) is 19.9 Å². The lowest BCUT2D eigenvalue weighted by Crippen LogP contribution is -2.36. The Kier molecular flexibility index (Phi) is 6.44. The summed E-state index contributed by atoms with van der Waals surface area (Å²) in [7, 11) is 3.85. The van der Waals surface area contributed by atoms with Crippen LogP contribution in [0.2, 0.25) is 0 Å². The van der Waals surface area contributed by atoms with Crippen LogP contribution in [-0.4, -0.2) is 58.8 Å². The molecular formula is C26H27N3O3S. The molecule has 1 unspecified atom stereocenters. The minimum Gasteiger partial charge on any atom is -0.503 e. The first-order valence-corrected chi connectivity index (χ1v) is 11.6. The third-order valence-electron chi connectivity index (χ3n) is 5.72. The van der Waals surface area contributed by atoms with Gasteiger partial charge < -0.3 is 14.9 Å². The van der Waals surface area contributed by atoms with Crippen molar-refractivity contribution in [1.29, 1.82) is 0 Å². The van der Waals surface area contributed by atoms with Gasteiger partial charge in [-0.1, -0.05) is 60.2 Å². The second-order valence-electron chi connectivity index (χ2n) is 8.51. The molecule has 0 fully saturated rings. The minimum atomic E-state index is -0.647. The van der Waals surface area contributed by atoms with Gasteiger partial charge >= 0.3 is 0 Å². The quantitative estimate of drug-likeness (QED) is 0.522. The molecular weight excluding hydrogens is 434 g/mol. The Labute approximate surface area is 197 Å². The van der Waals surface area contributed by atoms with Gasteiger partial charge in [0.05, 0.1) is 22.2 Å². The van der Waals surface area contributed by atoms with Crippen LogP contribution in [0, 0.1) is 13.8 Å². The number of aliphatic hydroxyl groups is 1. The topological polar surface area (TPSA) is 73.7 Å². The molecule has 0 aliphatic carbocycles. The molecule has 0 saturated carbocycles. The number of nitrogens with zero attached hydrogens (tertiary/aromatic N) is 3. The van der Waals surface area contributed by atoms with Gasteiger partial charge in [-0.15, -0.1) is 11.3 Å². The van der Waals surface area contributed by atoms with Gasteiger partial charge in [0.15, 0.2) is 5.76 Å². The lowest BCUT2D eigenvalue weighted by atomic mass is 9.94. The summed E-state index contributed by atoms with van der Waals surface area (Å²) in [6, 6.07) is 16.8. The summed E-state index contributed by atoms with van der Waals surface area (Å²) in [6.45, 7) is 4.76. The summed E-state index contributed by atoms with van der Waals surface area (Å²) in [5.41, 5.74) is 3.46. The summed E-state index contributed by atoms with van der Waals surface area (Å²) < 4.78 is 0. The van der Waals surface area contributed by atoms with Crippen LogP contribution in [0.25, 0.3) is 10.6 Å². The van der Waals surface area contributed by atoms with E-state index in [1.807, 2.05) is 80.5 Å². The molecule has 0 radical (unpaired) electrons. The number of thiazole rings is 1. The standard InChI is InChI=1S/C26H27N3O3S/c1-16-9-8-12-19(15-16)21-20(23(31)26(32)29(21)14-13-28(3)4)22(30)24-17(2)27-25(33-24)18-10-6-5-7-11-18/h5-12,15,21,31H,13-14H2,1-4H3. The van der Waals surface area contributed by atoms with Crippen LogP contribution in [0.4, 0.5) is 0 Å². The highest BCUT2D eigenvalue weighted by Crippen LogP contribution is 2.41. The Morgan fingerprint density at radius 3 is 2.52 bits per heavy atom. The Hall–Kier alpha value is -3.29. The van der Waals surface area contributed by atoms with E-state index >= 15 is 0 Å². The predicted molar refractivity (Wildman–Crippen MR) is 130 cm³/mol. The highest BCUT2D eigenvalue weighted by Gasteiger charge is 2.44. The van der Waals surface area contributed by atoms with Gasteiger partial charge in [0.2, 0.25) is 5.78 Å². The number of Topliss-reactive ketones (excluding diaryl/α,β-unsaturated/α-hetero) is 1. The zero-order chi connectivity index (χ0) is 23.7. The zero-order valence-corrected chi connectivity index (χ0v) is 20.0. The van der Waals surface area contributed by atoms with Crippen LogP contribution in [0.3, 0.4) is 0 Å². The molecule has 0 saturated heterocycles. The van der Waals surface area contributed by atoms with E-state index in [0.717, 1.165) is 21.7 Å². The van der Waals surface area contributed by atoms with Crippen molar-refractivity contribution in [3.63, 3.8) is 0 Å². The smallest absolute Gasteiger partial charge is 0.290 e. The van der Waals surface area contributed by atoms with Gasteiger partial charge in [-0.3, -0.25) is 9.59 Å². The Bertz CT molecular complexity index is 1230. The number of ketones is 1. The molecule has 2 aromatic carbocycles. The maximum atomic E-state index is 13.8. The number of hydrogen-bond donors (Lipinski definition) is 1. The Morgan fingerprint density at radius 1 is 1.12 bits per heavy atom.